The lowest BCUT2D eigenvalue weighted by atomic mass is 9.84. The molecule has 0 bridgehead atoms. The number of aromatic amines is 1. The predicted octanol–water partition coefficient (Wildman–Crippen LogP) is 2.81. The zero-order valence-corrected chi connectivity index (χ0v) is 12.9. The van der Waals surface area contributed by atoms with Crippen molar-refractivity contribution in [2.45, 2.75) is 33.1 Å². The summed E-state index contributed by atoms with van der Waals surface area (Å²) >= 11 is 0. The van der Waals surface area contributed by atoms with E-state index in [1.54, 1.807) is 0 Å². The molecule has 1 unspecified atom stereocenters. The monoisotopic (exact) mass is 289 g/mol. The van der Waals surface area contributed by atoms with Crippen molar-refractivity contribution in [3.63, 3.8) is 0 Å². The van der Waals surface area contributed by atoms with E-state index in [2.05, 4.69) is 25.8 Å². The summed E-state index contributed by atoms with van der Waals surface area (Å²) in [5.41, 5.74) is 8.04. The molecular weight excluding hydrogens is 266 g/mol. The maximum atomic E-state index is 5.95. The second-order valence-corrected chi connectivity index (χ2v) is 6.83. The number of nitrogens with zero attached hydrogens (tertiary/aromatic N) is 1. The molecule has 2 heterocycles. The number of hydrogen-bond acceptors (Lipinski definition) is 4. The third kappa shape index (κ3) is 2.97. The standard InChI is InChI=1S/C16H23N3O2/c1-16(2,3)8-10(9-17)15-18-11-6-13-14(7-12(11)19-15)21-5-4-20-13/h6-7,10H,4-5,8-9,17H2,1-3H3,(H,18,19). The smallest absolute Gasteiger partial charge is 0.163 e. The van der Waals surface area contributed by atoms with Crippen molar-refractivity contribution >= 4 is 11.0 Å². The van der Waals surface area contributed by atoms with Gasteiger partial charge in [0, 0.05) is 24.6 Å². The Morgan fingerprint density at radius 3 is 2.52 bits per heavy atom. The number of nitrogens with one attached hydrogen (secondary N) is 1. The van der Waals surface area contributed by atoms with E-state index in [1.807, 2.05) is 12.1 Å². The molecule has 0 spiro atoms. The van der Waals surface area contributed by atoms with E-state index >= 15 is 0 Å². The van der Waals surface area contributed by atoms with Gasteiger partial charge in [-0.05, 0) is 11.8 Å². The van der Waals surface area contributed by atoms with Gasteiger partial charge in [-0.25, -0.2) is 4.98 Å². The molecule has 3 rings (SSSR count). The van der Waals surface area contributed by atoms with E-state index in [0.717, 1.165) is 34.8 Å². The molecule has 0 amide bonds. The SMILES string of the molecule is CC(C)(C)CC(CN)c1nc2cc3c(cc2[nH]1)OCCO3. The molecule has 0 saturated carbocycles. The summed E-state index contributed by atoms with van der Waals surface area (Å²) in [5.74, 6) is 2.73. The first-order valence-corrected chi connectivity index (χ1v) is 7.45. The van der Waals surface area contributed by atoms with Gasteiger partial charge < -0.3 is 20.2 Å². The summed E-state index contributed by atoms with van der Waals surface area (Å²) < 4.78 is 11.2. The normalized spacial score (nSPS) is 16.2. The molecule has 2 aromatic rings. The maximum Gasteiger partial charge on any atom is 0.163 e. The van der Waals surface area contributed by atoms with E-state index in [4.69, 9.17) is 20.2 Å². The molecule has 0 radical (unpaired) electrons. The fourth-order valence-electron chi connectivity index (χ4n) is 2.79. The minimum absolute atomic E-state index is 0.217. The van der Waals surface area contributed by atoms with Gasteiger partial charge in [0.2, 0.25) is 0 Å². The van der Waals surface area contributed by atoms with Crippen LogP contribution < -0.4 is 15.2 Å². The number of ether oxygens (including phenoxy) is 2. The quantitative estimate of drug-likeness (QED) is 0.911. The van der Waals surface area contributed by atoms with Crippen LogP contribution in [-0.2, 0) is 0 Å². The Morgan fingerprint density at radius 2 is 1.90 bits per heavy atom. The first kappa shape index (κ1) is 14.2. The fourth-order valence-corrected chi connectivity index (χ4v) is 2.79. The molecule has 0 saturated heterocycles. The first-order valence-electron chi connectivity index (χ1n) is 7.45. The van der Waals surface area contributed by atoms with Crippen LogP contribution in [0.5, 0.6) is 11.5 Å². The van der Waals surface area contributed by atoms with Crippen molar-refractivity contribution in [2.24, 2.45) is 11.1 Å². The van der Waals surface area contributed by atoms with Crippen LogP contribution >= 0.6 is 0 Å². The third-order valence-corrected chi connectivity index (χ3v) is 3.69. The lowest BCUT2D eigenvalue weighted by Gasteiger charge is -2.23. The van der Waals surface area contributed by atoms with Crippen LogP contribution in [-0.4, -0.2) is 29.7 Å². The Bertz CT molecular complexity index is 600. The van der Waals surface area contributed by atoms with Crippen molar-refractivity contribution in [2.75, 3.05) is 19.8 Å². The molecular formula is C16H23N3O2. The van der Waals surface area contributed by atoms with Gasteiger partial charge in [-0.2, -0.15) is 0 Å². The topological polar surface area (TPSA) is 73.2 Å². The van der Waals surface area contributed by atoms with Crippen molar-refractivity contribution in [3.8, 4) is 11.5 Å². The van der Waals surface area contributed by atoms with Gasteiger partial charge in [0.15, 0.2) is 11.5 Å². The molecule has 114 valence electrons. The minimum atomic E-state index is 0.217. The number of imidazole rings is 1. The zero-order chi connectivity index (χ0) is 15.0. The number of aromatic nitrogens is 2. The fraction of sp³-hybridized carbons (Fsp3) is 0.562. The lowest BCUT2D eigenvalue weighted by Crippen LogP contribution is -2.20. The van der Waals surface area contributed by atoms with Gasteiger partial charge >= 0.3 is 0 Å². The van der Waals surface area contributed by atoms with Crippen LogP contribution in [0.1, 0.15) is 38.9 Å². The van der Waals surface area contributed by atoms with Crippen LogP contribution in [0.4, 0.5) is 0 Å². The number of hydrogen-bond donors (Lipinski definition) is 2. The summed E-state index contributed by atoms with van der Waals surface area (Å²) in [6, 6.07) is 3.90. The average Bonchev–Trinajstić information content (AvgIpc) is 2.83. The van der Waals surface area contributed by atoms with Crippen molar-refractivity contribution in [3.05, 3.63) is 18.0 Å². The second kappa shape index (κ2) is 5.22. The second-order valence-electron chi connectivity index (χ2n) is 6.83. The number of H-pyrrole nitrogens is 1. The zero-order valence-electron chi connectivity index (χ0n) is 12.9. The highest BCUT2D eigenvalue weighted by atomic mass is 16.6. The van der Waals surface area contributed by atoms with Gasteiger partial charge in [0.25, 0.3) is 0 Å². The first-order chi connectivity index (χ1) is 9.96. The molecule has 3 N–H and O–H groups in total. The van der Waals surface area contributed by atoms with E-state index in [1.165, 1.54) is 0 Å². The Morgan fingerprint density at radius 1 is 1.24 bits per heavy atom. The Balaban J connectivity index is 1.96. The summed E-state index contributed by atoms with van der Waals surface area (Å²) in [6.45, 7) is 8.43. The number of fused-ring (bicyclic) bond motifs is 2. The van der Waals surface area contributed by atoms with Crippen molar-refractivity contribution < 1.29 is 9.47 Å². The molecule has 1 aromatic heterocycles. The van der Waals surface area contributed by atoms with E-state index in [0.29, 0.717) is 19.8 Å². The lowest BCUT2D eigenvalue weighted by molar-refractivity contribution is 0.172. The van der Waals surface area contributed by atoms with Crippen molar-refractivity contribution in [1.29, 1.82) is 0 Å². The molecule has 1 aliphatic rings. The van der Waals surface area contributed by atoms with Gasteiger partial charge in [-0.15, -0.1) is 0 Å². The highest BCUT2D eigenvalue weighted by Gasteiger charge is 2.23. The van der Waals surface area contributed by atoms with Gasteiger partial charge in [-0.1, -0.05) is 20.8 Å². The number of rotatable bonds is 3. The minimum Gasteiger partial charge on any atom is -0.486 e. The summed E-state index contributed by atoms with van der Waals surface area (Å²) in [6.07, 6.45) is 0.996. The molecule has 1 aliphatic heterocycles. The maximum absolute atomic E-state index is 5.95. The third-order valence-electron chi connectivity index (χ3n) is 3.69. The van der Waals surface area contributed by atoms with Gasteiger partial charge in [-0.3, -0.25) is 0 Å². The van der Waals surface area contributed by atoms with Crippen LogP contribution in [0.3, 0.4) is 0 Å². The molecule has 0 aliphatic carbocycles. The molecule has 1 atom stereocenters. The van der Waals surface area contributed by atoms with E-state index in [-0.39, 0.29) is 11.3 Å². The van der Waals surface area contributed by atoms with Crippen LogP contribution in [0.25, 0.3) is 11.0 Å². The highest BCUT2D eigenvalue weighted by molar-refractivity contribution is 5.80. The number of nitrogens with two attached hydrogens (primary N) is 1. The van der Waals surface area contributed by atoms with E-state index in [9.17, 15) is 0 Å². The summed E-state index contributed by atoms with van der Waals surface area (Å²) in [7, 11) is 0. The van der Waals surface area contributed by atoms with Crippen LogP contribution in [0, 0.1) is 5.41 Å². The Labute approximate surface area is 124 Å². The highest BCUT2D eigenvalue weighted by Crippen LogP contribution is 2.35. The largest absolute Gasteiger partial charge is 0.486 e. The Hall–Kier alpha value is -1.75. The molecule has 21 heavy (non-hydrogen) atoms. The van der Waals surface area contributed by atoms with E-state index < -0.39 is 0 Å². The van der Waals surface area contributed by atoms with Crippen LogP contribution in [0.2, 0.25) is 0 Å². The predicted molar refractivity (Wildman–Crippen MR) is 83.0 cm³/mol. The number of benzene rings is 1. The average molecular weight is 289 g/mol. The van der Waals surface area contributed by atoms with Crippen molar-refractivity contribution in [1.82, 2.24) is 9.97 Å². The van der Waals surface area contributed by atoms with Crippen LogP contribution in [0.15, 0.2) is 12.1 Å². The Kier molecular flexibility index (Phi) is 3.53. The summed E-state index contributed by atoms with van der Waals surface area (Å²) in [4.78, 5) is 8.10. The molecule has 5 heteroatoms. The molecule has 1 aromatic carbocycles. The van der Waals surface area contributed by atoms with Gasteiger partial charge in [0.1, 0.15) is 19.0 Å². The van der Waals surface area contributed by atoms with Gasteiger partial charge in [0.05, 0.1) is 11.0 Å². The molecule has 0 fully saturated rings. The molecule has 5 nitrogen and oxygen atoms in total. The summed E-state index contributed by atoms with van der Waals surface area (Å²) in [5, 5.41) is 0.